The Bertz CT molecular complexity index is 41.3. The summed E-state index contributed by atoms with van der Waals surface area (Å²) in [4.78, 5) is 0. The Hall–Kier alpha value is 0.860. The molecule has 0 radical (unpaired) electrons. The topological polar surface area (TPSA) is 0 Å². The molecule has 0 atom stereocenters. The normalized spacial score (nSPS) is 12.0. The number of thiol groups is 1. The summed E-state index contributed by atoms with van der Waals surface area (Å²) in [6.07, 6.45) is 0. The Morgan fingerprint density at radius 3 is 1.83 bits per heavy atom. The molecule has 0 unspecified atom stereocenters. The van der Waals surface area contributed by atoms with Crippen molar-refractivity contribution < 1.29 is 4.39 Å². The molecule has 0 aliphatic heterocycles. The van der Waals surface area contributed by atoms with Crippen molar-refractivity contribution in [2.75, 3.05) is 5.75 Å². The summed E-state index contributed by atoms with van der Waals surface area (Å²) in [6.45, 7) is 0. The van der Waals surface area contributed by atoms with Crippen LogP contribution >= 0.6 is 35.8 Å². The van der Waals surface area contributed by atoms with Crippen molar-refractivity contribution in [1.82, 2.24) is 0 Å². The quantitative estimate of drug-likeness (QED) is 0.427. The first-order chi connectivity index (χ1) is 2.56. The van der Waals surface area contributed by atoms with Gasteiger partial charge in [0.25, 0.3) is 4.59 Å². The average Bonchev–Trinajstić information content (AvgIpc) is 1.35. The third-order valence-electron chi connectivity index (χ3n) is 0.179. The molecule has 0 spiro atoms. The summed E-state index contributed by atoms with van der Waals surface area (Å²) in [7, 11) is 0. The van der Waals surface area contributed by atoms with Crippen molar-refractivity contribution in [1.29, 1.82) is 0 Å². The van der Waals surface area contributed by atoms with E-state index in [1.54, 1.807) is 0 Å². The maximum Gasteiger partial charge on any atom is 0.266 e. The van der Waals surface area contributed by atoms with E-state index in [2.05, 4.69) is 12.6 Å². The number of alkyl halides is 3. The number of halogens is 3. The van der Waals surface area contributed by atoms with Gasteiger partial charge in [-0.1, -0.05) is 23.2 Å². The zero-order valence-corrected chi connectivity index (χ0v) is 5.19. The molecule has 0 nitrogen and oxygen atoms in total. The molecule has 0 aromatic rings. The summed E-state index contributed by atoms with van der Waals surface area (Å²) in [6, 6.07) is 0. The minimum absolute atomic E-state index is 0.171. The van der Waals surface area contributed by atoms with Crippen LogP contribution < -0.4 is 0 Å². The highest BCUT2D eigenvalue weighted by atomic mass is 35.5. The lowest BCUT2D eigenvalue weighted by molar-refractivity contribution is 0.431. The van der Waals surface area contributed by atoms with Crippen molar-refractivity contribution in [3.05, 3.63) is 0 Å². The fourth-order valence-electron chi connectivity index (χ4n) is 0. The zero-order valence-electron chi connectivity index (χ0n) is 2.79. The van der Waals surface area contributed by atoms with Gasteiger partial charge in [0, 0.05) is 0 Å². The number of rotatable bonds is 1. The summed E-state index contributed by atoms with van der Waals surface area (Å²) < 4.78 is 9.42. The largest absolute Gasteiger partial charge is 0.266 e. The lowest BCUT2D eigenvalue weighted by atomic mass is 10.9. The molecule has 0 aliphatic rings. The molecule has 0 aliphatic carbocycles. The van der Waals surface area contributed by atoms with Gasteiger partial charge in [-0.15, -0.1) is 0 Å². The summed E-state index contributed by atoms with van der Waals surface area (Å²) in [5, 5.41) is 0. The monoisotopic (exact) mass is 148 g/mol. The van der Waals surface area contributed by atoms with E-state index in [9.17, 15) is 4.39 Å². The zero-order chi connectivity index (χ0) is 5.21. The van der Waals surface area contributed by atoms with Gasteiger partial charge in [0.2, 0.25) is 0 Å². The van der Waals surface area contributed by atoms with Crippen molar-refractivity contribution in [3.8, 4) is 0 Å². The Balaban J connectivity index is 3.17. The molecule has 0 bridgehead atoms. The number of hydrogen-bond donors (Lipinski definition) is 1. The van der Waals surface area contributed by atoms with Gasteiger partial charge in [0.05, 0.1) is 5.75 Å². The fraction of sp³-hybridized carbons (Fsp3) is 1.00. The highest BCUT2D eigenvalue weighted by Crippen LogP contribution is 2.22. The molecule has 0 heterocycles. The van der Waals surface area contributed by atoms with Gasteiger partial charge in [0.1, 0.15) is 0 Å². The van der Waals surface area contributed by atoms with Crippen LogP contribution in [0, 0.1) is 0 Å². The predicted molar refractivity (Wildman–Crippen MR) is 29.4 cm³/mol. The van der Waals surface area contributed by atoms with Crippen LogP contribution in [0.2, 0.25) is 0 Å². The molecule has 0 aromatic carbocycles. The highest BCUT2D eigenvalue weighted by Gasteiger charge is 2.17. The number of hydrogen-bond acceptors (Lipinski definition) is 1. The Morgan fingerprint density at radius 2 is 1.83 bits per heavy atom. The molecule has 6 heavy (non-hydrogen) atoms. The molecule has 0 rings (SSSR count). The van der Waals surface area contributed by atoms with E-state index < -0.39 is 4.59 Å². The van der Waals surface area contributed by atoms with Gasteiger partial charge in [-0.2, -0.15) is 12.6 Å². The standard InChI is InChI=1S/C2H3Cl2FS/c3-2(4,5)1-6/h6H,1H2. The molecule has 0 fully saturated rings. The van der Waals surface area contributed by atoms with Crippen molar-refractivity contribution in [2.45, 2.75) is 4.59 Å². The molecular formula is C2H3Cl2FS. The first kappa shape index (κ1) is 6.86. The van der Waals surface area contributed by atoms with E-state index in [1.165, 1.54) is 0 Å². The second kappa shape index (κ2) is 2.24. The third kappa shape index (κ3) is 4.86. The van der Waals surface area contributed by atoms with E-state index in [0.29, 0.717) is 0 Å². The van der Waals surface area contributed by atoms with Gasteiger partial charge >= 0.3 is 0 Å². The van der Waals surface area contributed by atoms with Gasteiger partial charge in [-0.3, -0.25) is 0 Å². The van der Waals surface area contributed by atoms with Crippen LogP contribution in [0.3, 0.4) is 0 Å². The van der Waals surface area contributed by atoms with Crippen LogP contribution in [0.15, 0.2) is 0 Å². The third-order valence-corrected chi connectivity index (χ3v) is 1.25. The minimum Gasteiger partial charge on any atom is -0.207 e. The molecule has 0 aromatic heterocycles. The smallest absolute Gasteiger partial charge is 0.207 e. The van der Waals surface area contributed by atoms with E-state index in [4.69, 9.17) is 23.2 Å². The predicted octanol–water partition coefficient (Wildman–Crippen LogP) is 2.02. The van der Waals surface area contributed by atoms with Crippen LogP contribution in [0.1, 0.15) is 0 Å². The maximum absolute atomic E-state index is 11.6. The van der Waals surface area contributed by atoms with Crippen molar-refractivity contribution in [2.24, 2.45) is 0 Å². The first-order valence-electron chi connectivity index (χ1n) is 1.24. The maximum atomic E-state index is 11.6. The lowest BCUT2D eigenvalue weighted by Crippen LogP contribution is -2.03. The Kier molecular flexibility index (Phi) is 2.56. The second-order valence-electron chi connectivity index (χ2n) is 0.773. The van der Waals surface area contributed by atoms with Crippen LogP contribution in [-0.4, -0.2) is 10.3 Å². The minimum atomic E-state index is -2.15. The summed E-state index contributed by atoms with van der Waals surface area (Å²) in [5.74, 6) is -0.171. The van der Waals surface area contributed by atoms with E-state index in [0.717, 1.165) is 0 Å². The van der Waals surface area contributed by atoms with Crippen LogP contribution in [0.5, 0.6) is 0 Å². The lowest BCUT2D eigenvalue weighted by Gasteiger charge is -1.99. The van der Waals surface area contributed by atoms with Gasteiger partial charge in [-0.25, -0.2) is 4.39 Å². The molecule has 0 saturated carbocycles. The van der Waals surface area contributed by atoms with Crippen molar-refractivity contribution >= 4 is 35.8 Å². The van der Waals surface area contributed by atoms with Gasteiger partial charge < -0.3 is 0 Å². The van der Waals surface area contributed by atoms with Gasteiger partial charge in [0.15, 0.2) is 0 Å². The molecular weight excluding hydrogens is 146 g/mol. The highest BCUT2D eigenvalue weighted by molar-refractivity contribution is 7.80. The van der Waals surface area contributed by atoms with Gasteiger partial charge in [-0.05, 0) is 0 Å². The Morgan fingerprint density at radius 1 is 1.67 bits per heavy atom. The fourth-order valence-corrected chi connectivity index (χ4v) is 0. The van der Waals surface area contributed by atoms with Crippen LogP contribution in [0.4, 0.5) is 4.39 Å². The molecule has 0 saturated heterocycles. The first-order valence-corrected chi connectivity index (χ1v) is 2.63. The van der Waals surface area contributed by atoms with Crippen LogP contribution in [0.25, 0.3) is 0 Å². The van der Waals surface area contributed by atoms with E-state index in [1.807, 2.05) is 0 Å². The molecule has 0 N–H and O–H groups in total. The molecule has 38 valence electrons. The van der Waals surface area contributed by atoms with Crippen molar-refractivity contribution in [3.63, 3.8) is 0 Å². The Labute approximate surface area is 51.0 Å². The SMILES string of the molecule is FC(Cl)(Cl)CS. The molecule has 4 heteroatoms. The summed E-state index contributed by atoms with van der Waals surface area (Å²) in [5.41, 5.74) is 0. The second-order valence-corrected chi connectivity index (χ2v) is 2.48. The average molecular weight is 149 g/mol. The molecule has 0 amide bonds. The van der Waals surface area contributed by atoms with E-state index in [-0.39, 0.29) is 5.75 Å². The summed E-state index contributed by atoms with van der Waals surface area (Å²) >= 11 is 12.9. The van der Waals surface area contributed by atoms with Crippen LogP contribution in [-0.2, 0) is 0 Å². The van der Waals surface area contributed by atoms with E-state index >= 15 is 0 Å².